The van der Waals surface area contributed by atoms with Crippen LogP contribution in [0, 0.1) is 0 Å². The van der Waals surface area contributed by atoms with E-state index >= 15 is 0 Å². The van der Waals surface area contributed by atoms with Crippen LogP contribution < -0.4 is 0 Å². The van der Waals surface area contributed by atoms with E-state index in [2.05, 4.69) is 0 Å². The first-order valence-corrected chi connectivity index (χ1v) is 4.73. The SMILES string of the molecule is O=C(O)CCc1cccc(C(O)CO)c1. The third kappa shape index (κ3) is 3.69. The zero-order chi connectivity index (χ0) is 11.3. The topological polar surface area (TPSA) is 77.8 Å². The third-order valence-corrected chi connectivity index (χ3v) is 2.14. The lowest BCUT2D eigenvalue weighted by Crippen LogP contribution is -2.03. The second kappa shape index (κ2) is 5.48. The number of aryl methyl sites for hydroxylation is 1. The van der Waals surface area contributed by atoms with Gasteiger partial charge in [0.1, 0.15) is 6.10 Å². The Labute approximate surface area is 87.8 Å². The fraction of sp³-hybridized carbons (Fsp3) is 0.364. The van der Waals surface area contributed by atoms with Gasteiger partial charge < -0.3 is 15.3 Å². The van der Waals surface area contributed by atoms with Crippen molar-refractivity contribution < 1.29 is 20.1 Å². The van der Waals surface area contributed by atoms with Gasteiger partial charge in [0.15, 0.2) is 0 Å². The molecule has 0 aliphatic carbocycles. The monoisotopic (exact) mass is 210 g/mol. The van der Waals surface area contributed by atoms with Gasteiger partial charge in [-0.25, -0.2) is 0 Å². The Morgan fingerprint density at radius 3 is 2.73 bits per heavy atom. The Hall–Kier alpha value is -1.39. The molecule has 0 saturated heterocycles. The molecule has 3 N–H and O–H groups in total. The molecule has 1 rings (SSSR count). The Balaban J connectivity index is 2.69. The minimum atomic E-state index is -0.894. The highest BCUT2D eigenvalue weighted by Gasteiger charge is 2.06. The lowest BCUT2D eigenvalue weighted by Gasteiger charge is -2.08. The Kier molecular flexibility index (Phi) is 4.27. The Bertz CT molecular complexity index is 335. The lowest BCUT2D eigenvalue weighted by atomic mass is 10.0. The van der Waals surface area contributed by atoms with Gasteiger partial charge in [-0.3, -0.25) is 4.79 Å². The van der Waals surface area contributed by atoms with Gasteiger partial charge in [0.25, 0.3) is 0 Å². The van der Waals surface area contributed by atoms with Crippen LogP contribution in [0.3, 0.4) is 0 Å². The van der Waals surface area contributed by atoms with Crippen molar-refractivity contribution in [2.75, 3.05) is 6.61 Å². The summed E-state index contributed by atoms with van der Waals surface area (Å²) >= 11 is 0. The molecule has 1 aromatic rings. The van der Waals surface area contributed by atoms with E-state index in [0.717, 1.165) is 5.56 Å². The van der Waals surface area contributed by atoms with Crippen LogP contribution in [-0.4, -0.2) is 27.9 Å². The standard InChI is InChI=1S/C11H14O4/c12-7-10(13)9-3-1-2-8(6-9)4-5-11(14)15/h1-3,6,10,12-13H,4-5,7H2,(H,14,15). The van der Waals surface area contributed by atoms with Crippen LogP contribution in [-0.2, 0) is 11.2 Å². The van der Waals surface area contributed by atoms with Gasteiger partial charge in [-0.15, -0.1) is 0 Å². The van der Waals surface area contributed by atoms with E-state index in [1.54, 1.807) is 24.3 Å². The number of carbonyl (C=O) groups is 1. The highest BCUT2D eigenvalue weighted by Crippen LogP contribution is 2.14. The van der Waals surface area contributed by atoms with Crippen molar-refractivity contribution in [1.82, 2.24) is 0 Å². The zero-order valence-corrected chi connectivity index (χ0v) is 8.26. The van der Waals surface area contributed by atoms with E-state index in [9.17, 15) is 9.90 Å². The van der Waals surface area contributed by atoms with Gasteiger partial charge in [0.2, 0.25) is 0 Å². The van der Waals surface area contributed by atoms with Crippen molar-refractivity contribution in [3.8, 4) is 0 Å². The second-order valence-corrected chi connectivity index (χ2v) is 3.34. The molecule has 4 heteroatoms. The first-order valence-electron chi connectivity index (χ1n) is 4.73. The largest absolute Gasteiger partial charge is 0.481 e. The van der Waals surface area contributed by atoms with E-state index in [1.165, 1.54) is 0 Å². The molecule has 0 heterocycles. The van der Waals surface area contributed by atoms with Crippen molar-refractivity contribution in [2.45, 2.75) is 18.9 Å². The molecule has 1 unspecified atom stereocenters. The van der Waals surface area contributed by atoms with Crippen molar-refractivity contribution in [2.24, 2.45) is 0 Å². The number of carboxylic acid groups (broad SMARTS) is 1. The average molecular weight is 210 g/mol. The minimum absolute atomic E-state index is 0.0681. The van der Waals surface area contributed by atoms with Gasteiger partial charge in [-0.05, 0) is 17.5 Å². The highest BCUT2D eigenvalue weighted by molar-refractivity contribution is 5.67. The molecule has 1 aromatic carbocycles. The molecule has 15 heavy (non-hydrogen) atoms. The first-order chi connectivity index (χ1) is 7.13. The summed E-state index contributed by atoms with van der Waals surface area (Å²) in [7, 11) is 0. The van der Waals surface area contributed by atoms with Crippen LogP contribution in [0.5, 0.6) is 0 Å². The normalized spacial score (nSPS) is 12.4. The summed E-state index contributed by atoms with van der Waals surface area (Å²) < 4.78 is 0. The van der Waals surface area contributed by atoms with Gasteiger partial charge in [-0.1, -0.05) is 24.3 Å². The molecule has 1 atom stereocenters. The highest BCUT2D eigenvalue weighted by atomic mass is 16.4. The maximum Gasteiger partial charge on any atom is 0.303 e. The molecule has 0 bridgehead atoms. The van der Waals surface area contributed by atoms with E-state index < -0.39 is 12.1 Å². The Morgan fingerprint density at radius 1 is 1.40 bits per heavy atom. The maximum atomic E-state index is 10.4. The summed E-state index contributed by atoms with van der Waals surface area (Å²) in [6.07, 6.45) is -0.394. The van der Waals surface area contributed by atoms with Crippen molar-refractivity contribution in [1.29, 1.82) is 0 Å². The van der Waals surface area contributed by atoms with Crippen LogP contribution in [0.15, 0.2) is 24.3 Å². The molecular weight excluding hydrogens is 196 g/mol. The van der Waals surface area contributed by atoms with Crippen LogP contribution >= 0.6 is 0 Å². The number of hydrogen-bond donors (Lipinski definition) is 3. The lowest BCUT2D eigenvalue weighted by molar-refractivity contribution is -0.136. The molecule has 0 aliphatic heterocycles. The van der Waals surface area contributed by atoms with E-state index in [1.807, 2.05) is 0 Å². The molecule has 82 valence electrons. The predicted octanol–water partition coefficient (Wildman–Crippen LogP) is 0.730. The van der Waals surface area contributed by atoms with Gasteiger partial charge in [0.05, 0.1) is 6.61 Å². The quantitative estimate of drug-likeness (QED) is 0.669. The molecule has 0 spiro atoms. The summed E-state index contributed by atoms with van der Waals surface area (Å²) in [6.45, 7) is -0.331. The van der Waals surface area contributed by atoms with Crippen molar-refractivity contribution in [3.63, 3.8) is 0 Å². The smallest absolute Gasteiger partial charge is 0.303 e. The maximum absolute atomic E-state index is 10.4. The summed E-state index contributed by atoms with van der Waals surface area (Å²) in [5, 5.41) is 26.6. The number of hydrogen-bond acceptors (Lipinski definition) is 3. The number of aliphatic carboxylic acids is 1. The molecule has 0 fully saturated rings. The third-order valence-electron chi connectivity index (χ3n) is 2.14. The molecule has 0 amide bonds. The van der Waals surface area contributed by atoms with Crippen molar-refractivity contribution in [3.05, 3.63) is 35.4 Å². The molecule has 4 nitrogen and oxygen atoms in total. The van der Waals surface area contributed by atoms with E-state index in [4.69, 9.17) is 10.2 Å². The second-order valence-electron chi connectivity index (χ2n) is 3.34. The van der Waals surface area contributed by atoms with Crippen LogP contribution in [0.4, 0.5) is 0 Å². The van der Waals surface area contributed by atoms with E-state index in [-0.39, 0.29) is 13.0 Å². The van der Waals surface area contributed by atoms with Gasteiger partial charge >= 0.3 is 5.97 Å². The van der Waals surface area contributed by atoms with Crippen LogP contribution in [0.1, 0.15) is 23.7 Å². The van der Waals surface area contributed by atoms with Crippen LogP contribution in [0.2, 0.25) is 0 Å². The number of benzene rings is 1. The van der Waals surface area contributed by atoms with Gasteiger partial charge in [-0.2, -0.15) is 0 Å². The number of rotatable bonds is 5. The number of aliphatic hydroxyl groups is 2. The number of aliphatic hydroxyl groups excluding tert-OH is 2. The summed E-state index contributed by atoms with van der Waals surface area (Å²) in [6, 6.07) is 6.96. The number of carboxylic acids is 1. The molecule has 0 aliphatic rings. The van der Waals surface area contributed by atoms with Crippen molar-refractivity contribution >= 4 is 5.97 Å². The van der Waals surface area contributed by atoms with Gasteiger partial charge in [0, 0.05) is 6.42 Å². The summed E-state index contributed by atoms with van der Waals surface area (Å²) in [4.78, 5) is 10.4. The summed E-state index contributed by atoms with van der Waals surface area (Å²) in [5.41, 5.74) is 1.46. The first kappa shape index (κ1) is 11.7. The molecule has 0 aromatic heterocycles. The fourth-order valence-corrected chi connectivity index (χ4v) is 1.31. The Morgan fingerprint density at radius 2 is 2.13 bits per heavy atom. The fourth-order valence-electron chi connectivity index (χ4n) is 1.31. The summed E-state index contributed by atoms with van der Waals surface area (Å²) in [5.74, 6) is -0.844. The molecular formula is C11H14O4. The molecule has 0 radical (unpaired) electrons. The predicted molar refractivity (Wildman–Crippen MR) is 54.4 cm³/mol. The van der Waals surface area contributed by atoms with E-state index in [0.29, 0.717) is 12.0 Å². The zero-order valence-electron chi connectivity index (χ0n) is 8.26. The average Bonchev–Trinajstić information content (AvgIpc) is 2.25. The minimum Gasteiger partial charge on any atom is -0.481 e. The van der Waals surface area contributed by atoms with Crippen LogP contribution in [0.25, 0.3) is 0 Å². The molecule has 0 saturated carbocycles.